The number of carboxylic acid groups (broad SMARTS) is 1. The van der Waals surface area contributed by atoms with E-state index >= 15 is 0 Å². The summed E-state index contributed by atoms with van der Waals surface area (Å²) in [5, 5.41) is 8.76. The molecule has 1 fully saturated rings. The van der Waals surface area contributed by atoms with E-state index in [1.54, 1.807) is 4.90 Å². The molecule has 0 atom stereocenters. The van der Waals surface area contributed by atoms with Gasteiger partial charge in [-0.3, -0.25) is 19.2 Å². The van der Waals surface area contributed by atoms with E-state index in [2.05, 4.69) is 0 Å². The van der Waals surface area contributed by atoms with E-state index in [0.717, 1.165) is 4.90 Å². The van der Waals surface area contributed by atoms with Crippen LogP contribution in [0.1, 0.15) is 19.8 Å². The maximum absolute atomic E-state index is 12.2. The zero-order valence-electron chi connectivity index (χ0n) is 11.4. The highest BCUT2D eigenvalue weighted by molar-refractivity contribution is 5.88. The molecule has 1 rings (SSSR count). The van der Waals surface area contributed by atoms with Gasteiger partial charge in [-0.2, -0.15) is 0 Å². The smallest absolute Gasteiger partial charge is 0.323 e. The Hall–Kier alpha value is -2.12. The largest absolute Gasteiger partial charge is 0.480 e. The highest BCUT2D eigenvalue weighted by Gasteiger charge is 2.30. The predicted molar refractivity (Wildman–Crippen MR) is 68.4 cm³/mol. The van der Waals surface area contributed by atoms with Crippen molar-refractivity contribution in [2.75, 3.05) is 26.2 Å². The van der Waals surface area contributed by atoms with Gasteiger partial charge in [0, 0.05) is 25.9 Å². The van der Waals surface area contributed by atoms with Gasteiger partial charge in [0.2, 0.25) is 17.7 Å². The number of aliphatic carboxylic acids is 1. The van der Waals surface area contributed by atoms with Crippen LogP contribution in [0.2, 0.25) is 0 Å². The van der Waals surface area contributed by atoms with Crippen LogP contribution in [0, 0.1) is 5.92 Å². The Kier molecular flexibility index (Phi) is 5.48. The number of carbonyl (C=O) groups is 4. The van der Waals surface area contributed by atoms with Gasteiger partial charge in [0.25, 0.3) is 0 Å². The molecule has 0 aliphatic carbocycles. The summed E-state index contributed by atoms with van der Waals surface area (Å²) >= 11 is 0. The molecule has 0 radical (unpaired) electrons. The van der Waals surface area contributed by atoms with Crippen LogP contribution in [0.4, 0.5) is 0 Å². The average molecular weight is 285 g/mol. The quantitative estimate of drug-likeness (QED) is 0.646. The molecule has 20 heavy (non-hydrogen) atoms. The van der Waals surface area contributed by atoms with Gasteiger partial charge in [0.1, 0.15) is 6.54 Å². The third-order valence-corrected chi connectivity index (χ3v) is 3.27. The summed E-state index contributed by atoms with van der Waals surface area (Å²) in [7, 11) is 0. The molecule has 0 aromatic rings. The lowest BCUT2D eigenvalue weighted by molar-refractivity contribution is -0.148. The van der Waals surface area contributed by atoms with Gasteiger partial charge in [0.05, 0.1) is 6.54 Å². The molecule has 3 N–H and O–H groups in total. The number of nitrogens with two attached hydrogens (primary N) is 1. The Morgan fingerprint density at radius 2 is 1.75 bits per heavy atom. The monoisotopic (exact) mass is 285 g/mol. The Morgan fingerprint density at radius 3 is 2.15 bits per heavy atom. The number of carbonyl (C=O) groups excluding carboxylic acids is 3. The molecule has 1 aliphatic rings. The van der Waals surface area contributed by atoms with Crippen LogP contribution >= 0.6 is 0 Å². The highest BCUT2D eigenvalue weighted by Crippen LogP contribution is 2.19. The van der Waals surface area contributed by atoms with Crippen LogP contribution in [-0.2, 0) is 19.2 Å². The van der Waals surface area contributed by atoms with Gasteiger partial charge in [-0.25, -0.2) is 0 Å². The second-order valence-corrected chi connectivity index (χ2v) is 4.83. The first-order valence-corrected chi connectivity index (χ1v) is 6.35. The number of primary amides is 1. The second-order valence-electron chi connectivity index (χ2n) is 4.83. The van der Waals surface area contributed by atoms with Gasteiger partial charge in [0.15, 0.2) is 0 Å². The minimum Gasteiger partial charge on any atom is -0.480 e. The SMILES string of the molecule is CC(=O)N1CCC(C(=O)N(CC(N)=O)CC(=O)O)CC1. The van der Waals surface area contributed by atoms with Gasteiger partial charge in [-0.1, -0.05) is 0 Å². The van der Waals surface area contributed by atoms with E-state index in [1.807, 2.05) is 0 Å². The standard InChI is InChI=1S/C12H19N3O5/c1-8(16)14-4-2-9(3-5-14)12(20)15(6-10(13)17)7-11(18)19/h9H,2-7H2,1H3,(H2,13,17)(H,18,19). The average Bonchev–Trinajstić information content (AvgIpc) is 2.36. The van der Waals surface area contributed by atoms with Crippen molar-refractivity contribution < 1.29 is 24.3 Å². The van der Waals surface area contributed by atoms with Crippen molar-refractivity contribution in [3.8, 4) is 0 Å². The molecule has 1 saturated heterocycles. The molecule has 1 heterocycles. The third kappa shape index (κ3) is 4.52. The fourth-order valence-corrected chi connectivity index (χ4v) is 2.26. The van der Waals surface area contributed by atoms with E-state index < -0.39 is 30.9 Å². The maximum atomic E-state index is 12.2. The first-order valence-electron chi connectivity index (χ1n) is 6.35. The molecule has 112 valence electrons. The van der Waals surface area contributed by atoms with Crippen LogP contribution in [0.15, 0.2) is 0 Å². The fraction of sp³-hybridized carbons (Fsp3) is 0.667. The summed E-state index contributed by atoms with van der Waals surface area (Å²) in [5.74, 6) is -2.75. The molecule has 0 saturated carbocycles. The summed E-state index contributed by atoms with van der Waals surface area (Å²) in [6, 6.07) is 0. The first-order chi connectivity index (χ1) is 9.31. The number of amides is 3. The minimum atomic E-state index is -1.19. The summed E-state index contributed by atoms with van der Waals surface area (Å²) < 4.78 is 0. The minimum absolute atomic E-state index is 0.0459. The van der Waals surface area contributed by atoms with Gasteiger partial charge < -0.3 is 20.6 Å². The Bertz CT molecular complexity index is 399. The van der Waals surface area contributed by atoms with Crippen LogP contribution in [0.5, 0.6) is 0 Å². The normalized spacial score (nSPS) is 15.8. The summed E-state index contributed by atoms with van der Waals surface area (Å²) in [6.45, 7) is 1.44. The summed E-state index contributed by atoms with van der Waals surface area (Å²) in [5.41, 5.74) is 5.02. The lowest BCUT2D eigenvalue weighted by atomic mass is 9.95. The first kappa shape index (κ1) is 15.9. The number of piperidine rings is 1. The van der Waals surface area contributed by atoms with Gasteiger partial charge >= 0.3 is 5.97 Å². The molecule has 8 heteroatoms. The number of rotatable bonds is 5. The van der Waals surface area contributed by atoms with E-state index in [9.17, 15) is 19.2 Å². The third-order valence-electron chi connectivity index (χ3n) is 3.27. The van der Waals surface area contributed by atoms with E-state index in [1.165, 1.54) is 6.92 Å². The fourth-order valence-electron chi connectivity index (χ4n) is 2.26. The van der Waals surface area contributed by atoms with Crippen LogP contribution < -0.4 is 5.73 Å². The van der Waals surface area contributed by atoms with Crippen molar-refractivity contribution in [1.29, 1.82) is 0 Å². The van der Waals surface area contributed by atoms with E-state index in [-0.39, 0.29) is 11.8 Å². The van der Waals surface area contributed by atoms with Crippen LogP contribution in [-0.4, -0.2) is 64.8 Å². The number of hydrogen-bond acceptors (Lipinski definition) is 4. The van der Waals surface area contributed by atoms with E-state index in [0.29, 0.717) is 25.9 Å². The lowest BCUT2D eigenvalue weighted by Crippen LogP contribution is -2.47. The van der Waals surface area contributed by atoms with Crippen molar-refractivity contribution in [2.24, 2.45) is 11.7 Å². The molecule has 0 bridgehead atoms. The maximum Gasteiger partial charge on any atom is 0.323 e. The topological polar surface area (TPSA) is 121 Å². The molecular formula is C12H19N3O5. The summed E-state index contributed by atoms with van der Waals surface area (Å²) in [4.78, 5) is 47.6. The lowest BCUT2D eigenvalue weighted by Gasteiger charge is -2.33. The zero-order chi connectivity index (χ0) is 15.3. The number of carboxylic acids is 1. The predicted octanol–water partition coefficient (Wildman–Crippen LogP) is -1.36. The van der Waals surface area contributed by atoms with Gasteiger partial charge in [-0.05, 0) is 12.8 Å². The number of likely N-dealkylation sites (tertiary alicyclic amines) is 1. The van der Waals surface area contributed by atoms with Crippen molar-refractivity contribution >= 4 is 23.7 Å². The van der Waals surface area contributed by atoms with E-state index in [4.69, 9.17) is 10.8 Å². The number of hydrogen-bond donors (Lipinski definition) is 2. The zero-order valence-corrected chi connectivity index (χ0v) is 11.4. The molecule has 3 amide bonds. The van der Waals surface area contributed by atoms with Crippen molar-refractivity contribution in [3.05, 3.63) is 0 Å². The Balaban J connectivity index is 2.63. The summed E-state index contributed by atoms with van der Waals surface area (Å²) in [6.07, 6.45) is 0.931. The molecule has 0 aromatic carbocycles. The van der Waals surface area contributed by atoms with Crippen molar-refractivity contribution in [1.82, 2.24) is 9.80 Å². The molecule has 0 aromatic heterocycles. The highest BCUT2D eigenvalue weighted by atomic mass is 16.4. The van der Waals surface area contributed by atoms with Crippen LogP contribution in [0.25, 0.3) is 0 Å². The van der Waals surface area contributed by atoms with Crippen LogP contribution in [0.3, 0.4) is 0 Å². The molecule has 8 nitrogen and oxygen atoms in total. The molecule has 0 spiro atoms. The van der Waals surface area contributed by atoms with Gasteiger partial charge in [-0.15, -0.1) is 0 Å². The van der Waals surface area contributed by atoms with Crippen molar-refractivity contribution in [3.63, 3.8) is 0 Å². The number of nitrogens with zero attached hydrogens (tertiary/aromatic N) is 2. The molecule has 0 unspecified atom stereocenters. The van der Waals surface area contributed by atoms with Crippen molar-refractivity contribution in [2.45, 2.75) is 19.8 Å². The molecular weight excluding hydrogens is 266 g/mol. The Morgan fingerprint density at radius 1 is 1.20 bits per heavy atom. The Labute approximate surface area is 116 Å². The second kappa shape index (κ2) is 6.88. The molecule has 1 aliphatic heterocycles.